The smallest absolute Gasteiger partial charge is 0.319 e. The Balaban J connectivity index is 1.33. The number of piperidine rings is 2. The fraction of sp³-hybridized carbons (Fsp3) is 0.440. The molecule has 0 atom stereocenters. The molecule has 2 aromatic rings. The summed E-state index contributed by atoms with van der Waals surface area (Å²) in [4.78, 5) is 29.2. The standard InChI is InChI=1S/C25H32ClN5O2/c26-20-7-4-18(5-8-20)17-30-14-10-21(11-15-30)28-25(33)29-22-16-19(24(27)32)6-9-23(22)31-12-2-1-3-13-31/h4-9,16,21H,1-3,10-15,17H2,(H2,27,32)(H2,28,29,33). The molecular weight excluding hydrogens is 438 g/mol. The summed E-state index contributed by atoms with van der Waals surface area (Å²) < 4.78 is 0. The predicted octanol–water partition coefficient (Wildman–Crippen LogP) is 4.22. The molecule has 0 aliphatic carbocycles. The summed E-state index contributed by atoms with van der Waals surface area (Å²) in [6.07, 6.45) is 5.24. The van der Waals surface area contributed by atoms with E-state index in [1.165, 1.54) is 12.0 Å². The van der Waals surface area contributed by atoms with E-state index in [0.717, 1.165) is 69.1 Å². The van der Waals surface area contributed by atoms with E-state index in [0.29, 0.717) is 11.3 Å². The second kappa shape index (κ2) is 10.9. The number of rotatable bonds is 6. The van der Waals surface area contributed by atoms with Gasteiger partial charge in [0.25, 0.3) is 0 Å². The highest BCUT2D eigenvalue weighted by atomic mass is 35.5. The maximum absolute atomic E-state index is 12.8. The molecular formula is C25H32ClN5O2. The molecule has 4 rings (SSSR count). The zero-order chi connectivity index (χ0) is 23.2. The van der Waals surface area contributed by atoms with Crippen molar-refractivity contribution in [3.8, 4) is 0 Å². The molecule has 2 aliphatic heterocycles. The van der Waals surface area contributed by atoms with E-state index in [1.807, 2.05) is 18.2 Å². The largest absolute Gasteiger partial charge is 0.370 e. The quantitative estimate of drug-likeness (QED) is 0.590. The van der Waals surface area contributed by atoms with Gasteiger partial charge in [-0.05, 0) is 68.0 Å². The van der Waals surface area contributed by atoms with E-state index in [4.69, 9.17) is 17.3 Å². The Hall–Kier alpha value is -2.77. The van der Waals surface area contributed by atoms with Crippen LogP contribution in [-0.2, 0) is 6.54 Å². The summed E-state index contributed by atoms with van der Waals surface area (Å²) in [6, 6.07) is 13.1. The van der Waals surface area contributed by atoms with Crippen LogP contribution in [0.3, 0.4) is 0 Å². The van der Waals surface area contributed by atoms with Gasteiger partial charge in [-0.25, -0.2) is 4.79 Å². The number of nitrogens with one attached hydrogen (secondary N) is 2. The number of anilines is 2. The molecule has 0 bridgehead atoms. The molecule has 176 valence electrons. The number of hydrogen-bond donors (Lipinski definition) is 3. The van der Waals surface area contributed by atoms with Gasteiger partial charge in [-0.1, -0.05) is 23.7 Å². The number of likely N-dealkylation sites (tertiary alicyclic amines) is 1. The van der Waals surface area contributed by atoms with Crippen LogP contribution < -0.4 is 21.3 Å². The summed E-state index contributed by atoms with van der Waals surface area (Å²) in [5.41, 5.74) is 8.67. The van der Waals surface area contributed by atoms with E-state index in [-0.39, 0.29) is 12.1 Å². The molecule has 2 aliphatic rings. The summed E-state index contributed by atoms with van der Waals surface area (Å²) in [6.45, 7) is 4.61. The summed E-state index contributed by atoms with van der Waals surface area (Å²) >= 11 is 5.97. The molecule has 2 aromatic carbocycles. The zero-order valence-corrected chi connectivity index (χ0v) is 19.6. The van der Waals surface area contributed by atoms with Crippen LogP contribution >= 0.6 is 11.6 Å². The van der Waals surface area contributed by atoms with Gasteiger partial charge >= 0.3 is 6.03 Å². The highest BCUT2D eigenvalue weighted by Crippen LogP contribution is 2.30. The Morgan fingerprint density at radius 2 is 1.67 bits per heavy atom. The highest BCUT2D eigenvalue weighted by Gasteiger charge is 2.22. The Kier molecular flexibility index (Phi) is 7.73. The summed E-state index contributed by atoms with van der Waals surface area (Å²) in [5.74, 6) is -0.503. The number of hydrogen-bond acceptors (Lipinski definition) is 4. The van der Waals surface area contributed by atoms with Gasteiger partial charge in [-0.2, -0.15) is 0 Å². The second-order valence-corrected chi connectivity index (χ2v) is 9.36. The van der Waals surface area contributed by atoms with E-state index in [1.54, 1.807) is 12.1 Å². The van der Waals surface area contributed by atoms with Crippen molar-refractivity contribution in [3.05, 3.63) is 58.6 Å². The van der Waals surface area contributed by atoms with Gasteiger partial charge in [0.1, 0.15) is 0 Å². The maximum atomic E-state index is 12.8. The SMILES string of the molecule is NC(=O)c1ccc(N2CCCCC2)c(NC(=O)NC2CCN(Cc3ccc(Cl)cc3)CC2)c1. The molecule has 8 heteroatoms. The van der Waals surface area contributed by atoms with Crippen molar-refractivity contribution in [2.45, 2.75) is 44.7 Å². The van der Waals surface area contributed by atoms with E-state index in [9.17, 15) is 9.59 Å². The number of carbonyl (C=O) groups is 2. The number of nitrogens with two attached hydrogens (primary N) is 1. The fourth-order valence-corrected chi connectivity index (χ4v) is 4.75. The molecule has 0 spiro atoms. The van der Waals surface area contributed by atoms with Crippen molar-refractivity contribution in [2.75, 3.05) is 36.4 Å². The molecule has 3 amide bonds. The van der Waals surface area contributed by atoms with Crippen LogP contribution in [-0.4, -0.2) is 49.1 Å². The highest BCUT2D eigenvalue weighted by molar-refractivity contribution is 6.30. The molecule has 0 aromatic heterocycles. The van der Waals surface area contributed by atoms with Gasteiger partial charge < -0.3 is 21.3 Å². The molecule has 2 heterocycles. The third-order valence-electron chi connectivity index (χ3n) is 6.47. The first-order valence-corrected chi connectivity index (χ1v) is 12.1. The molecule has 4 N–H and O–H groups in total. The number of urea groups is 1. The fourth-order valence-electron chi connectivity index (χ4n) is 4.63. The minimum Gasteiger partial charge on any atom is -0.370 e. The first-order valence-electron chi connectivity index (χ1n) is 11.7. The van der Waals surface area contributed by atoms with Gasteiger partial charge in [0.05, 0.1) is 11.4 Å². The first-order chi connectivity index (χ1) is 16.0. The van der Waals surface area contributed by atoms with E-state index >= 15 is 0 Å². The van der Waals surface area contributed by atoms with Crippen LogP contribution in [0.2, 0.25) is 5.02 Å². The lowest BCUT2D eigenvalue weighted by Gasteiger charge is -2.33. The van der Waals surface area contributed by atoms with Crippen LogP contribution in [0.1, 0.15) is 48.0 Å². The number of halogens is 1. The van der Waals surface area contributed by atoms with Gasteiger partial charge in [0.15, 0.2) is 0 Å². The third kappa shape index (κ3) is 6.39. The van der Waals surface area contributed by atoms with Gasteiger partial charge in [-0.15, -0.1) is 0 Å². The van der Waals surface area contributed by atoms with Crippen LogP contribution in [0.4, 0.5) is 16.2 Å². The lowest BCUT2D eigenvalue weighted by Crippen LogP contribution is -2.45. The van der Waals surface area contributed by atoms with Crippen molar-refractivity contribution < 1.29 is 9.59 Å². The maximum Gasteiger partial charge on any atom is 0.319 e. The molecule has 2 saturated heterocycles. The van der Waals surface area contributed by atoms with Crippen molar-refractivity contribution in [2.24, 2.45) is 5.73 Å². The van der Waals surface area contributed by atoms with Crippen molar-refractivity contribution in [1.29, 1.82) is 0 Å². The van der Waals surface area contributed by atoms with Crippen molar-refractivity contribution >= 4 is 34.9 Å². The number of benzene rings is 2. The van der Waals surface area contributed by atoms with Gasteiger partial charge in [0.2, 0.25) is 5.91 Å². The molecule has 0 saturated carbocycles. The Labute approximate surface area is 200 Å². The Morgan fingerprint density at radius 3 is 2.33 bits per heavy atom. The molecule has 2 fully saturated rings. The third-order valence-corrected chi connectivity index (χ3v) is 6.72. The van der Waals surface area contributed by atoms with E-state index < -0.39 is 5.91 Å². The van der Waals surface area contributed by atoms with Crippen LogP contribution in [0.25, 0.3) is 0 Å². The average molecular weight is 470 g/mol. The lowest BCUT2D eigenvalue weighted by molar-refractivity contribution is 0.1000. The molecule has 7 nitrogen and oxygen atoms in total. The zero-order valence-electron chi connectivity index (χ0n) is 18.9. The number of primary amides is 1. The van der Waals surface area contributed by atoms with Gasteiger partial charge in [0, 0.05) is 49.4 Å². The van der Waals surface area contributed by atoms with Crippen LogP contribution in [0, 0.1) is 0 Å². The lowest BCUT2D eigenvalue weighted by atomic mass is 10.0. The van der Waals surface area contributed by atoms with Crippen molar-refractivity contribution in [3.63, 3.8) is 0 Å². The Morgan fingerprint density at radius 1 is 0.970 bits per heavy atom. The number of amides is 3. The van der Waals surface area contributed by atoms with Crippen LogP contribution in [0.15, 0.2) is 42.5 Å². The minimum atomic E-state index is -0.503. The monoisotopic (exact) mass is 469 g/mol. The molecule has 0 radical (unpaired) electrons. The van der Waals surface area contributed by atoms with E-state index in [2.05, 4.69) is 32.6 Å². The topological polar surface area (TPSA) is 90.7 Å². The summed E-state index contributed by atoms with van der Waals surface area (Å²) in [5, 5.41) is 6.84. The first kappa shape index (κ1) is 23.4. The van der Waals surface area contributed by atoms with Gasteiger partial charge in [-0.3, -0.25) is 9.69 Å². The predicted molar refractivity (Wildman–Crippen MR) is 133 cm³/mol. The van der Waals surface area contributed by atoms with Crippen LogP contribution in [0.5, 0.6) is 0 Å². The molecule has 0 unspecified atom stereocenters. The molecule has 33 heavy (non-hydrogen) atoms. The number of carbonyl (C=O) groups excluding carboxylic acids is 2. The average Bonchev–Trinajstić information content (AvgIpc) is 2.82. The van der Waals surface area contributed by atoms with Crippen molar-refractivity contribution in [1.82, 2.24) is 10.2 Å². The Bertz CT molecular complexity index is 967. The summed E-state index contributed by atoms with van der Waals surface area (Å²) in [7, 11) is 0. The normalized spacial score (nSPS) is 17.5. The second-order valence-electron chi connectivity index (χ2n) is 8.92. The number of nitrogens with zero attached hydrogens (tertiary/aromatic N) is 2. The minimum absolute atomic E-state index is 0.115.